The van der Waals surface area contributed by atoms with Crippen LogP contribution in [0.2, 0.25) is 305 Å². The van der Waals surface area contributed by atoms with E-state index in [0.717, 1.165) is 83.0 Å². The molecule has 0 saturated carbocycles. The van der Waals surface area contributed by atoms with E-state index >= 15 is 0 Å². The Hall–Kier alpha value is 4.82. The molecule has 37 heteroatoms. The molecule has 0 aromatic heterocycles. The van der Waals surface area contributed by atoms with Crippen molar-refractivity contribution < 1.29 is 112 Å². The van der Waals surface area contributed by atoms with E-state index in [2.05, 4.69) is 255 Å². The Balaban J connectivity index is -0.0000000366. The predicted octanol–water partition coefficient (Wildman–Crippen LogP) is 24.2. The van der Waals surface area contributed by atoms with Gasteiger partial charge in [0.2, 0.25) is 0 Å². The van der Waals surface area contributed by atoms with E-state index in [1.807, 2.05) is 0 Å². The number of nitrogens with two attached hydrogens (primary N) is 5. The number of hydrogen-bond donors (Lipinski definition) is 5. The first kappa shape index (κ1) is 165. The SMILES string of the molecule is C.C.C.C.C.C.C.C.C.C.C.C.C.C.C.C[Si](C)(C)O[Si](C)(C)C.C[Si](C)(C)O[Si](C)(C)O[Si](C)(C)C.C[Si](C)(C)O[Si](C)(C)O[Si](C)(C)CCCN.C[Si](C)(C)[O-].C[Si](C)(CCCN)O[Si](C)(C)CCCN.C[Si](C)(CCCN)O[Si](C)(C)O[Si](C)(C)CCCN.C[Si]1(C)O[Si](C)(C)O[Si](C)(C)O[Si](C)(C)O1.[2H][2H].[2H][2H].[K+]. The number of rotatable bonds is 31. The minimum atomic E-state index is -2.11. The van der Waals surface area contributed by atoms with E-state index in [9.17, 15) is 4.80 Å². The Morgan fingerprint density at radius 3 is 0.459 bits per heavy atom. The summed E-state index contributed by atoms with van der Waals surface area (Å²) in [6, 6.07) is 5.74. The fraction of sp³-hybridized carbons (Fsp3) is 1.00. The van der Waals surface area contributed by atoms with Gasteiger partial charge in [-0.05, 0) is 350 Å². The first-order chi connectivity index (χ1) is 42.3. The summed E-state index contributed by atoms with van der Waals surface area (Å²) in [7, 11) is -30.7. The zero-order chi connectivity index (χ0) is 80.1. The van der Waals surface area contributed by atoms with Crippen molar-refractivity contribution in [1.82, 2.24) is 0 Å². The molecule has 0 aliphatic carbocycles. The maximum Gasteiger partial charge on any atom is 1.00 e. The second kappa shape index (κ2) is 72.2. The summed E-state index contributed by atoms with van der Waals surface area (Å²) < 4.78 is 94.6. The van der Waals surface area contributed by atoms with Crippen LogP contribution in [0.3, 0.4) is 0 Å². The second-order valence-corrected chi connectivity index (χ2v) is 112. The van der Waals surface area contributed by atoms with Crippen molar-refractivity contribution in [3.63, 3.8) is 0 Å². The van der Waals surface area contributed by atoms with Gasteiger partial charge in [0.05, 0.1) is 0 Å². The zero-order valence-corrected chi connectivity index (χ0v) is 91.9. The van der Waals surface area contributed by atoms with Gasteiger partial charge in [0.1, 0.15) is 0 Å². The van der Waals surface area contributed by atoms with Crippen molar-refractivity contribution in [1.29, 1.82) is 0 Å². The van der Waals surface area contributed by atoms with Crippen LogP contribution in [0.15, 0.2) is 0 Å². The zero-order valence-electron chi connectivity index (χ0n) is 74.8. The van der Waals surface area contributed by atoms with Gasteiger partial charge in [0.15, 0.2) is 83.2 Å². The fourth-order valence-corrected chi connectivity index (χ4v) is 88.3. The van der Waals surface area contributed by atoms with Crippen LogP contribution in [-0.2, 0) is 49.4 Å². The summed E-state index contributed by atoms with van der Waals surface area (Å²) in [5.41, 5.74) is 27.8. The first-order valence-electron chi connectivity index (χ1n) is 36.9. The molecule has 0 bridgehead atoms. The molecular weight excluding hydrogens is 1690 g/mol. The van der Waals surface area contributed by atoms with Crippen molar-refractivity contribution in [3.8, 4) is 0 Å². The molecule has 18 nitrogen and oxygen atoms in total. The van der Waals surface area contributed by atoms with Gasteiger partial charge in [-0.3, -0.25) is 0 Å². The maximum atomic E-state index is 10.2. The molecule has 1 heterocycles. The maximum absolute atomic E-state index is 10.2. The molecule has 0 atom stereocenters. The van der Waals surface area contributed by atoms with Crippen LogP contribution in [0.25, 0.3) is 0 Å². The summed E-state index contributed by atoms with van der Waals surface area (Å²) in [4.78, 5) is 10.2. The third-order valence-electron chi connectivity index (χ3n) is 11.3. The molecule has 1 aliphatic heterocycles. The van der Waals surface area contributed by atoms with Gasteiger partial charge in [0, 0.05) is 5.94 Å². The first-order valence-corrected chi connectivity index (χ1v) is 90.7. The Morgan fingerprint density at radius 1 is 0.239 bits per heavy atom. The summed E-state index contributed by atoms with van der Waals surface area (Å²) in [5, 5.41) is 0. The predicted molar refractivity (Wildman–Crippen MR) is 560 cm³/mol. The van der Waals surface area contributed by atoms with E-state index < -0.39 is 151 Å². The number of hydrogen-bond acceptors (Lipinski definition) is 18. The third kappa shape index (κ3) is 134. The average Bonchev–Trinajstić information content (AvgIpc) is 3.25. The Morgan fingerprint density at radius 2 is 0.349 bits per heavy atom. The molecule has 1 saturated heterocycles. The van der Waals surface area contributed by atoms with Gasteiger partial charge in [-0.2, -0.15) is 0 Å². The van der Waals surface area contributed by atoms with Crippen molar-refractivity contribution in [2.75, 3.05) is 32.7 Å². The van der Waals surface area contributed by atoms with Crippen molar-refractivity contribution >= 4 is 151 Å². The van der Waals surface area contributed by atoms with Crippen LogP contribution < -0.4 is 84.8 Å². The smallest absolute Gasteiger partial charge is 0.859 e. The van der Waals surface area contributed by atoms with Gasteiger partial charge in [0.25, 0.3) is 0 Å². The van der Waals surface area contributed by atoms with E-state index in [1.165, 1.54) is 12.1 Å². The molecule has 0 amide bonds. The van der Waals surface area contributed by atoms with Crippen LogP contribution in [0, 0.1) is 0 Å². The summed E-state index contributed by atoms with van der Waals surface area (Å²) in [6.45, 7) is 95.0. The molecule has 0 spiro atoms. The molecule has 0 unspecified atom stereocenters. The van der Waals surface area contributed by atoms with Gasteiger partial charge >= 0.3 is 111 Å². The van der Waals surface area contributed by atoms with Gasteiger partial charge in [-0.25, -0.2) is 0 Å². The van der Waals surface area contributed by atoms with Crippen molar-refractivity contribution in [2.45, 2.75) is 449 Å². The largest absolute Gasteiger partial charge is 1.00 e. The molecular formula is C72H230KN5O13Si18. The minimum absolute atomic E-state index is 0. The van der Waals surface area contributed by atoms with Gasteiger partial charge in [-0.15, -0.1) is 0 Å². The van der Waals surface area contributed by atoms with E-state index in [1.54, 1.807) is 19.6 Å². The average molecular weight is 1920 g/mol. The molecule has 1 rings (SSSR count). The van der Waals surface area contributed by atoms with Gasteiger partial charge < -0.3 is 82.8 Å². The molecule has 1 aliphatic rings. The topological polar surface area (TPSA) is 264 Å². The van der Waals surface area contributed by atoms with Crippen LogP contribution in [0.1, 0.15) is 149 Å². The fourth-order valence-electron chi connectivity index (χ4n) is 11.3. The molecule has 694 valence electrons. The monoisotopic (exact) mass is 1920 g/mol. The minimum Gasteiger partial charge on any atom is -0.859 e. The molecule has 0 radical (unpaired) electrons. The molecule has 1 fully saturated rings. The normalized spacial score (nSPS) is 14.6. The summed E-state index contributed by atoms with van der Waals surface area (Å²) in [5.74, 6) is 0. The van der Waals surface area contributed by atoms with Crippen molar-refractivity contribution in [3.05, 3.63) is 0 Å². The molecule has 0 aromatic carbocycles. The molecule has 10 N–H and O–H groups in total. The second-order valence-electron chi connectivity index (χ2n) is 37.0. The Kier molecular flexibility index (Phi) is 109. The van der Waals surface area contributed by atoms with Crippen LogP contribution >= 0.6 is 0 Å². The van der Waals surface area contributed by atoms with Crippen LogP contribution in [0.5, 0.6) is 0 Å². The Bertz CT molecular complexity index is 1840. The van der Waals surface area contributed by atoms with E-state index in [-0.39, 0.29) is 163 Å². The van der Waals surface area contributed by atoms with Crippen LogP contribution in [-0.4, -0.2) is 184 Å². The molecule has 0 aromatic rings. The van der Waals surface area contributed by atoms with E-state index in [0.29, 0.717) is 0 Å². The van der Waals surface area contributed by atoms with Crippen LogP contribution in [0.4, 0.5) is 0 Å². The molecule has 109 heavy (non-hydrogen) atoms. The summed E-state index contributed by atoms with van der Waals surface area (Å²) in [6.07, 6.45) is 5.37. The van der Waals surface area contributed by atoms with Crippen molar-refractivity contribution in [2.24, 2.45) is 28.7 Å². The Labute approximate surface area is 765 Å². The van der Waals surface area contributed by atoms with E-state index in [4.69, 9.17) is 84.0 Å². The quantitative estimate of drug-likeness (QED) is 0.0404. The van der Waals surface area contributed by atoms with Gasteiger partial charge in [-0.1, -0.05) is 139 Å². The standard InChI is InChI=1S/C12H34N2O2Si3.C10H28N2OSi2.C10H29NO2Si3.C8H24O4Si4.C8H24O2Si3.C6H18OSi2.C3H9OSi.15CH4.K.2H2/c1-17(2,11-7-9-13)15-19(5,6)16-18(3,4)12-8-10-14;1-14(2,9-5-7-11)13-15(3,4)10-6-8-12;1-14(2,3)12-16(6,7)13-15(4,5)10-8-9-11;1-13(2)9-14(3,4)11-16(7,8)12-15(5,6)10-13;1-11(2,3)9-13(7,8)10-12(4,5)6;1-8(2,3)7-9(4,5)6;1-5(2,3)4;;;;;;;;;;;;;;;;;;/h7-14H2,1-6H3;5-12H2,1-4H3;8-11H2,1-7H3;1-8H3;1-8H3;1-6H3;1-3H3;15*1H4;;2*1H/q;;;;;;-1;;;;;;;;;;;;;;;;+1;;/i;;;;;;;;;;;;;;;;;;;;;;;2*1+1D. The summed E-state index contributed by atoms with van der Waals surface area (Å²) >= 11 is 0. The third-order valence-corrected chi connectivity index (χ3v) is 69.9.